The first-order valence-corrected chi connectivity index (χ1v) is 5.19. The summed E-state index contributed by atoms with van der Waals surface area (Å²) in [5, 5.41) is 0. The van der Waals surface area contributed by atoms with Crippen molar-refractivity contribution < 1.29 is 14.2 Å². The van der Waals surface area contributed by atoms with Crippen molar-refractivity contribution in [1.82, 2.24) is 0 Å². The van der Waals surface area contributed by atoms with E-state index < -0.39 is 0 Å². The van der Waals surface area contributed by atoms with Crippen LogP contribution in [0.3, 0.4) is 0 Å². The summed E-state index contributed by atoms with van der Waals surface area (Å²) in [4.78, 5) is 0. The zero-order valence-electron chi connectivity index (χ0n) is 10.0. The molecule has 1 aromatic rings. The Kier molecular flexibility index (Phi) is 2.54. The van der Waals surface area contributed by atoms with Gasteiger partial charge in [-0.15, -0.1) is 0 Å². The molecule has 0 saturated heterocycles. The molecule has 0 aliphatic carbocycles. The first-order chi connectivity index (χ1) is 7.58. The van der Waals surface area contributed by atoms with Gasteiger partial charge in [0.15, 0.2) is 0 Å². The first kappa shape index (κ1) is 10.9. The van der Waals surface area contributed by atoms with Crippen LogP contribution in [0.2, 0.25) is 0 Å². The molecule has 1 aliphatic rings. The van der Waals surface area contributed by atoms with Gasteiger partial charge in [0.1, 0.15) is 17.1 Å². The summed E-state index contributed by atoms with van der Waals surface area (Å²) in [6.45, 7) is 4.04. The van der Waals surface area contributed by atoms with Crippen molar-refractivity contribution >= 4 is 6.08 Å². The topological polar surface area (TPSA) is 27.7 Å². The van der Waals surface area contributed by atoms with Crippen LogP contribution in [0.5, 0.6) is 11.5 Å². The van der Waals surface area contributed by atoms with Crippen molar-refractivity contribution in [3.63, 3.8) is 0 Å². The summed E-state index contributed by atoms with van der Waals surface area (Å²) in [6, 6.07) is 3.86. The van der Waals surface area contributed by atoms with Crippen LogP contribution in [0.15, 0.2) is 18.4 Å². The van der Waals surface area contributed by atoms with Crippen LogP contribution in [-0.2, 0) is 10.3 Å². The van der Waals surface area contributed by atoms with Gasteiger partial charge in [-0.2, -0.15) is 0 Å². The lowest BCUT2D eigenvalue weighted by atomic mass is 9.90. The van der Waals surface area contributed by atoms with Gasteiger partial charge in [-0.3, -0.25) is 0 Å². The van der Waals surface area contributed by atoms with E-state index >= 15 is 0 Å². The Morgan fingerprint density at radius 1 is 1.12 bits per heavy atom. The smallest absolute Gasteiger partial charge is 0.132 e. The molecule has 0 N–H and O–H groups in total. The highest BCUT2D eigenvalue weighted by Crippen LogP contribution is 2.41. The van der Waals surface area contributed by atoms with Crippen LogP contribution in [0.4, 0.5) is 0 Å². The van der Waals surface area contributed by atoms with Crippen LogP contribution in [0.1, 0.15) is 25.0 Å². The Hall–Kier alpha value is -1.64. The second kappa shape index (κ2) is 3.74. The summed E-state index contributed by atoms with van der Waals surface area (Å²) in [7, 11) is 3.30. The maximum Gasteiger partial charge on any atom is 0.132 e. The number of methoxy groups -OCH3 is 2. The van der Waals surface area contributed by atoms with Gasteiger partial charge in [0, 0.05) is 11.6 Å². The number of ether oxygens (including phenoxy) is 3. The highest BCUT2D eigenvalue weighted by atomic mass is 16.5. The third-order valence-electron chi connectivity index (χ3n) is 2.77. The van der Waals surface area contributed by atoms with Gasteiger partial charge < -0.3 is 14.2 Å². The van der Waals surface area contributed by atoms with Gasteiger partial charge >= 0.3 is 0 Å². The van der Waals surface area contributed by atoms with E-state index in [-0.39, 0.29) is 5.60 Å². The molecule has 0 atom stereocenters. The lowest BCUT2D eigenvalue weighted by Crippen LogP contribution is -2.23. The van der Waals surface area contributed by atoms with Gasteiger partial charge in [-0.05, 0) is 31.6 Å². The maximum absolute atomic E-state index is 5.61. The number of hydrogen-bond acceptors (Lipinski definition) is 3. The van der Waals surface area contributed by atoms with Crippen LogP contribution in [0, 0.1) is 0 Å². The fourth-order valence-corrected chi connectivity index (χ4v) is 2.00. The van der Waals surface area contributed by atoms with E-state index in [1.807, 2.05) is 32.1 Å². The van der Waals surface area contributed by atoms with Crippen LogP contribution in [0.25, 0.3) is 6.08 Å². The molecule has 16 heavy (non-hydrogen) atoms. The van der Waals surface area contributed by atoms with Gasteiger partial charge in [-0.1, -0.05) is 0 Å². The molecule has 86 valence electrons. The molecule has 0 spiro atoms. The molecular weight excluding hydrogens is 204 g/mol. The Balaban J connectivity index is 2.66. The molecule has 2 rings (SSSR count). The van der Waals surface area contributed by atoms with E-state index in [1.165, 1.54) is 0 Å². The minimum Gasteiger partial charge on any atom is -0.497 e. The molecule has 1 aromatic carbocycles. The molecule has 0 aromatic heterocycles. The SMILES string of the molecule is COc1cc2c(c(OC)c1)C(C)(C)OC=C2. The van der Waals surface area contributed by atoms with Crippen LogP contribution >= 0.6 is 0 Å². The fourth-order valence-electron chi connectivity index (χ4n) is 2.00. The van der Waals surface area contributed by atoms with E-state index in [4.69, 9.17) is 14.2 Å². The highest BCUT2D eigenvalue weighted by Gasteiger charge is 2.30. The molecule has 3 heteroatoms. The van der Waals surface area contributed by atoms with Crippen molar-refractivity contribution in [1.29, 1.82) is 0 Å². The minimum atomic E-state index is -0.373. The molecule has 1 aliphatic heterocycles. The molecule has 3 nitrogen and oxygen atoms in total. The lowest BCUT2D eigenvalue weighted by Gasteiger charge is -2.31. The molecule has 0 unspecified atom stereocenters. The van der Waals surface area contributed by atoms with E-state index in [9.17, 15) is 0 Å². The summed E-state index contributed by atoms with van der Waals surface area (Å²) in [5.74, 6) is 1.58. The average Bonchev–Trinajstić information content (AvgIpc) is 2.26. The van der Waals surface area contributed by atoms with Gasteiger partial charge in [0.25, 0.3) is 0 Å². The standard InChI is InChI=1S/C13H16O3/c1-13(2)12-9(5-6-16-13)7-10(14-3)8-11(12)15-4/h5-8H,1-4H3. The Labute approximate surface area is 95.6 Å². The summed E-state index contributed by atoms with van der Waals surface area (Å²) < 4.78 is 16.2. The normalized spacial score (nSPS) is 16.2. The van der Waals surface area contributed by atoms with Gasteiger partial charge in [-0.25, -0.2) is 0 Å². The predicted octanol–water partition coefficient (Wildman–Crippen LogP) is 2.94. The summed E-state index contributed by atoms with van der Waals surface area (Å²) >= 11 is 0. The monoisotopic (exact) mass is 220 g/mol. The van der Waals surface area contributed by atoms with Crippen molar-refractivity contribution in [3.8, 4) is 11.5 Å². The molecule has 0 fully saturated rings. The van der Waals surface area contributed by atoms with Crippen LogP contribution < -0.4 is 9.47 Å². The van der Waals surface area contributed by atoms with Gasteiger partial charge in [0.2, 0.25) is 0 Å². The molecule has 0 saturated carbocycles. The quantitative estimate of drug-likeness (QED) is 0.767. The third-order valence-corrected chi connectivity index (χ3v) is 2.77. The van der Waals surface area contributed by atoms with E-state index in [1.54, 1.807) is 20.5 Å². The summed E-state index contributed by atoms with van der Waals surface area (Å²) in [5.41, 5.74) is 1.76. The highest BCUT2D eigenvalue weighted by molar-refractivity contribution is 5.64. The molecular formula is C13H16O3. The molecule has 0 radical (unpaired) electrons. The number of rotatable bonds is 2. The second-order valence-corrected chi connectivity index (χ2v) is 4.22. The number of hydrogen-bond donors (Lipinski definition) is 0. The molecule has 1 heterocycles. The minimum absolute atomic E-state index is 0.373. The predicted molar refractivity (Wildman–Crippen MR) is 62.7 cm³/mol. The van der Waals surface area contributed by atoms with E-state index in [2.05, 4.69) is 0 Å². The second-order valence-electron chi connectivity index (χ2n) is 4.22. The maximum atomic E-state index is 5.61. The largest absolute Gasteiger partial charge is 0.497 e. The first-order valence-electron chi connectivity index (χ1n) is 5.19. The fraction of sp³-hybridized carbons (Fsp3) is 0.385. The van der Waals surface area contributed by atoms with Crippen molar-refractivity contribution in [2.24, 2.45) is 0 Å². The third kappa shape index (κ3) is 1.62. The van der Waals surface area contributed by atoms with E-state index in [0.29, 0.717) is 0 Å². The Morgan fingerprint density at radius 3 is 2.50 bits per heavy atom. The zero-order chi connectivity index (χ0) is 11.8. The van der Waals surface area contributed by atoms with Crippen molar-refractivity contribution in [2.45, 2.75) is 19.4 Å². The zero-order valence-corrected chi connectivity index (χ0v) is 10.0. The lowest BCUT2D eigenvalue weighted by molar-refractivity contribution is 0.0505. The van der Waals surface area contributed by atoms with Crippen LogP contribution in [-0.4, -0.2) is 14.2 Å². The van der Waals surface area contributed by atoms with Crippen molar-refractivity contribution in [2.75, 3.05) is 14.2 Å². The Morgan fingerprint density at radius 2 is 1.88 bits per heavy atom. The number of fused-ring (bicyclic) bond motifs is 1. The average molecular weight is 220 g/mol. The van der Waals surface area contributed by atoms with E-state index in [0.717, 1.165) is 22.6 Å². The molecule has 0 bridgehead atoms. The number of benzene rings is 1. The van der Waals surface area contributed by atoms with Crippen molar-refractivity contribution in [3.05, 3.63) is 29.5 Å². The Bertz CT molecular complexity index is 433. The molecule has 0 amide bonds. The van der Waals surface area contributed by atoms with Gasteiger partial charge in [0.05, 0.1) is 20.5 Å². The summed E-state index contributed by atoms with van der Waals surface area (Å²) in [6.07, 6.45) is 3.63.